The van der Waals surface area contributed by atoms with E-state index in [2.05, 4.69) is 46.5 Å². The van der Waals surface area contributed by atoms with Crippen molar-refractivity contribution in [3.63, 3.8) is 0 Å². The minimum absolute atomic E-state index is 0.0195. The number of nitrogens with zero attached hydrogens (tertiary/aromatic N) is 5. The van der Waals surface area contributed by atoms with Crippen molar-refractivity contribution >= 4 is 6.03 Å². The summed E-state index contributed by atoms with van der Waals surface area (Å²) < 4.78 is 1.91. The minimum atomic E-state index is -0.214. The van der Waals surface area contributed by atoms with E-state index in [0.29, 0.717) is 6.54 Å². The van der Waals surface area contributed by atoms with Gasteiger partial charge in [0.15, 0.2) is 5.82 Å². The van der Waals surface area contributed by atoms with E-state index in [9.17, 15) is 4.79 Å². The molecule has 2 aromatic rings. The first kappa shape index (κ1) is 18.0. The molecule has 0 unspecified atom stereocenters. The molecular weight excluding hydrogens is 306 g/mol. The molecular formula is C16H27N7O. The fraction of sp³-hybridized carbons (Fsp3) is 0.625. The summed E-state index contributed by atoms with van der Waals surface area (Å²) in [7, 11) is 1.75. The van der Waals surface area contributed by atoms with Crippen molar-refractivity contribution in [2.75, 3.05) is 7.05 Å². The fourth-order valence-corrected chi connectivity index (χ4v) is 2.36. The van der Waals surface area contributed by atoms with Crippen LogP contribution in [0, 0.1) is 0 Å². The van der Waals surface area contributed by atoms with Crippen LogP contribution in [0.25, 0.3) is 0 Å². The van der Waals surface area contributed by atoms with Crippen LogP contribution in [0.2, 0.25) is 0 Å². The predicted octanol–water partition coefficient (Wildman–Crippen LogP) is 2.22. The van der Waals surface area contributed by atoms with Crippen LogP contribution in [0.5, 0.6) is 0 Å². The molecule has 8 heteroatoms. The highest BCUT2D eigenvalue weighted by Crippen LogP contribution is 2.20. The Labute approximate surface area is 142 Å². The van der Waals surface area contributed by atoms with Crippen LogP contribution < -0.4 is 5.32 Å². The molecule has 0 fully saturated rings. The number of nitrogens with one attached hydrogen (secondary N) is 2. The van der Waals surface area contributed by atoms with Gasteiger partial charge in [-0.1, -0.05) is 20.8 Å². The molecule has 2 rings (SSSR count). The monoisotopic (exact) mass is 333 g/mol. The van der Waals surface area contributed by atoms with Crippen molar-refractivity contribution in [2.24, 2.45) is 0 Å². The van der Waals surface area contributed by atoms with Crippen LogP contribution in [0.3, 0.4) is 0 Å². The van der Waals surface area contributed by atoms with E-state index < -0.39 is 0 Å². The maximum absolute atomic E-state index is 12.4. The number of carbonyl (C=O) groups excluding carboxylic acids is 1. The zero-order valence-corrected chi connectivity index (χ0v) is 15.3. The first-order chi connectivity index (χ1) is 11.2. The molecule has 0 aliphatic rings. The highest BCUT2D eigenvalue weighted by molar-refractivity contribution is 5.74. The highest BCUT2D eigenvalue weighted by atomic mass is 16.2. The summed E-state index contributed by atoms with van der Waals surface area (Å²) in [5.41, 5.74) is 1.87. The fourth-order valence-electron chi connectivity index (χ4n) is 2.36. The van der Waals surface area contributed by atoms with Gasteiger partial charge in [0.05, 0.1) is 24.0 Å². The van der Waals surface area contributed by atoms with Crippen LogP contribution in [0.1, 0.15) is 57.9 Å². The van der Waals surface area contributed by atoms with Gasteiger partial charge in [-0.05, 0) is 19.9 Å². The summed E-state index contributed by atoms with van der Waals surface area (Å²) in [5.74, 6) is 0.746. The topological polar surface area (TPSA) is 91.7 Å². The van der Waals surface area contributed by atoms with Crippen molar-refractivity contribution in [3.05, 3.63) is 29.6 Å². The van der Waals surface area contributed by atoms with Gasteiger partial charge in [0, 0.05) is 19.0 Å². The summed E-state index contributed by atoms with van der Waals surface area (Å²) >= 11 is 0. The number of urea groups is 1. The SMILES string of the molecule is CCn1cnnc1[C@@H](C)NC(=O)N(C)Cc1cc(C(C)(C)C)n[nH]1. The maximum atomic E-state index is 12.4. The van der Waals surface area contributed by atoms with E-state index >= 15 is 0 Å². The second-order valence-corrected chi connectivity index (χ2v) is 7.03. The summed E-state index contributed by atoms with van der Waals surface area (Å²) in [4.78, 5) is 14.0. The van der Waals surface area contributed by atoms with E-state index in [1.807, 2.05) is 24.5 Å². The van der Waals surface area contributed by atoms with E-state index in [1.54, 1.807) is 18.3 Å². The Kier molecular flexibility index (Phi) is 5.26. The predicted molar refractivity (Wildman–Crippen MR) is 91.4 cm³/mol. The van der Waals surface area contributed by atoms with E-state index in [4.69, 9.17) is 0 Å². The summed E-state index contributed by atoms with van der Waals surface area (Å²) in [6, 6.07) is 1.62. The normalized spacial score (nSPS) is 12.9. The molecule has 0 saturated heterocycles. The smallest absolute Gasteiger partial charge is 0.318 e. The number of hydrogen-bond donors (Lipinski definition) is 2. The van der Waals surface area contributed by atoms with Gasteiger partial charge in [0.1, 0.15) is 6.33 Å². The molecule has 0 aromatic carbocycles. The van der Waals surface area contributed by atoms with Gasteiger partial charge in [-0.15, -0.1) is 10.2 Å². The Balaban J connectivity index is 1.96. The molecule has 0 aliphatic carbocycles. The number of rotatable bonds is 5. The van der Waals surface area contributed by atoms with Crippen LogP contribution in [0.4, 0.5) is 4.79 Å². The Bertz CT molecular complexity index is 683. The lowest BCUT2D eigenvalue weighted by molar-refractivity contribution is 0.202. The van der Waals surface area contributed by atoms with Gasteiger partial charge in [0.25, 0.3) is 0 Å². The van der Waals surface area contributed by atoms with Crippen LogP contribution in [-0.2, 0) is 18.5 Å². The molecule has 2 aromatic heterocycles. The molecule has 0 saturated carbocycles. The van der Waals surface area contributed by atoms with Crippen LogP contribution in [0.15, 0.2) is 12.4 Å². The Morgan fingerprint density at radius 1 is 1.46 bits per heavy atom. The van der Waals surface area contributed by atoms with Crippen LogP contribution >= 0.6 is 0 Å². The number of aryl methyl sites for hydroxylation is 1. The Morgan fingerprint density at radius 2 is 2.17 bits per heavy atom. The maximum Gasteiger partial charge on any atom is 0.318 e. The van der Waals surface area contributed by atoms with E-state index in [-0.39, 0.29) is 17.5 Å². The number of amides is 2. The van der Waals surface area contributed by atoms with Gasteiger partial charge < -0.3 is 14.8 Å². The quantitative estimate of drug-likeness (QED) is 0.877. The second kappa shape index (κ2) is 7.02. The molecule has 2 N–H and O–H groups in total. The molecule has 1 atom stereocenters. The third-order valence-corrected chi connectivity index (χ3v) is 3.87. The second-order valence-electron chi connectivity index (χ2n) is 7.03. The largest absolute Gasteiger partial charge is 0.328 e. The van der Waals surface area contributed by atoms with Crippen molar-refractivity contribution < 1.29 is 4.79 Å². The third-order valence-electron chi connectivity index (χ3n) is 3.87. The van der Waals surface area contributed by atoms with E-state index in [1.165, 1.54) is 0 Å². The number of aromatic nitrogens is 5. The average Bonchev–Trinajstić information content (AvgIpc) is 3.14. The molecule has 8 nitrogen and oxygen atoms in total. The first-order valence-corrected chi connectivity index (χ1v) is 8.16. The van der Waals surface area contributed by atoms with E-state index in [0.717, 1.165) is 23.8 Å². The van der Waals surface area contributed by atoms with Crippen molar-refractivity contribution in [1.82, 2.24) is 35.2 Å². The highest BCUT2D eigenvalue weighted by Gasteiger charge is 2.20. The van der Waals surface area contributed by atoms with Crippen molar-refractivity contribution in [3.8, 4) is 0 Å². The lowest BCUT2D eigenvalue weighted by Gasteiger charge is -2.20. The van der Waals surface area contributed by atoms with Crippen LogP contribution in [-0.4, -0.2) is 42.9 Å². The number of aromatic amines is 1. The molecule has 2 heterocycles. The number of carbonyl (C=O) groups is 1. The Morgan fingerprint density at radius 3 is 2.75 bits per heavy atom. The summed E-state index contributed by atoms with van der Waals surface area (Å²) in [5, 5.41) is 18.2. The lowest BCUT2D eigenvalue weighted by atomic mass is 9.92. The third kappa shape index (κ3) is 4.12. The molecule has 24 heavy (non-hydrogen) atoms. The molecule has 0 spiro atoms. The standard InChI is InChI=1S/C16H27N7O/c1-7-23-10-17-21-14(23)11(2)18-15(24)22(6)9-12-8-13(20-19-12)16(3,4)5/h8,10-11H,7,9H2,1-6H3,(H,18,24)(H,19,20)/t11-/m1/s1. The Hall–Kier alpha value is -2.38. The molecule has 2 amide bonds. The molecule has 0 aliphatic heterocycles. The van der Waals surface area contributed by atoms with Gasteiger partial charge >= 0.3 is 6.03 Å². The zero-order chi connectivity index (χ0) is 17.9. The average molecular weight is 333 g/mol. The van der Waals surface area contributed by atoms with Gasteiger partial charge in [-0.25, -0.2) is 4.79 Å². The number of H-pyrrole nitrogens is 1. The summed E-state index contributed by atoms with van der Waals surface area (Å²) in [6.45, 7) is 11.5. The minimum Gasteiger partial charge on any atom is -0.328 e. The molecule has 0 bridgehead atoms. The van der Waals surface area contributed by atoms with Gasteiger partial charge in [0.2, 0.25) is 0 Å². The zero-order valence-electron chi connectivity index (χ0n) is 15.3. The molecule has 132 valence electrons. The number of hydrogen-bond acceptors (Lipinski definition) is 4. The van der Waals surface area contributed by atoms with Gasteiger partial charge in [-0.3, -0.25) is 5.10 Å². The lowest BCUT2D eigenvalue weighted by Crippen LogP contribution is -2.39. The van der Waals surface area contributed by atoms with Crippen molar-refractivity contribution in [1.29, 1.82) is 0 Å². The molecule has 0 radical (unpaired) electrons. The van der Waals surface area contributed by atoms with Crippen molar-refractivity contribution in [2.45, 2.75) is 59.2 Å². The summed E-state index contributed by atoms with van der Waals surface area (Å²) in [6.07, 6.45) is 1.67. The first-order valence-electron chi connectivity index (χ1n) is 8.16. The van der Waals surface area contributed by atoms with Gasteiger partial charge in [-0.2, -0.15) is 5.10 Å².